The summed E-state index contributed by atoms with van der Waals surface area (Å²) in [6, 6.07) is 14.3. The molecule has 1 heterocycles. The van der Waals surface area contributed by atoms with Gasteiger partial charge in [-0.25, -0.2) is 4.79 Å². The van der Waals surface area contributed by atoms with Gasteiger partial charge >= 0.3 is 5.97 Å². The van der Waals surface area contributed by atoms with Crippen molar-refractivity contribution in [3.8, 4) is 0 Å². The Balaban J connectivity index is 2.00. The molecule has 0 fully saturated rings. The maximum atomic E-state index is 12.0. The fourth-order valence-electron chi connectivity index (χ4n) is 2.43. The van der Waals surface area contributed by atoms with Crippen LogP contribution < -0.4 is 10.2 Å². The van der Waals surface area contributed by atoms with E-state index in [-0.39, 0.29) is 18.0 Å². The van der Waals surface area contributed by atoms with Crippen molar-refractivity contribution in [2.75, 3.05) is 16.8 Å². The molecule has 5 heteroatoms. The summed E-state index contributed by atoms with van der Waals surface area (Å²) in [5.74, 6) is -1.08. The number of carboxylic acid groups (broad SMARTS) is 1. The van der Waals surface area contributed by atoms with Crippen LogP contribution in [0.15, 0.2) is 48.5 Å². The number of carboxylic acids is 1. The first kappa shape index (κ1) is 13.2. The molecule has 2 aromatic rings. The normalized spacial score (nSPS) is 14.1. The van der Waals surface area contributed by atoms with Crippen LogP contribution in [-0.4, -0.2) is 23.5 Å². The van der Waals surface area contributed by atoms with Gasteiger partial charge in [0.05, 0.1) is 12.1 Å². The average molecular weight is 282 g/mol. The Hall–Kier alpha value is -2.82. The van der Waals surface area contributed by atoms with Crippen molar-refractivity contribution in [2.45, 2.75) is 6.54 Å². The van der Waals surface area contributed by atoms with Gasteiger partial charge in [-0.1, -0.05) is 18.2 Å². The van der Waals surface area contributed by atoms with Gasteiger partial charge < -0.3 is 15.3 Å². The number of aromatic carboxylic acids is 1. The van der Waals surface area contributed by atoms with Gasteiger partial charge in [0.2, 0.25) is 5.91 Å². The first-order valence-corrected chi connectivity index (χ1v) is 6.59. The van der Waals surface area contributed by atoms with Gasteiger partial charge in [0, 0.05) is 17.9 Å². The second-order valence-corrected chi connectivity index (χ2v) is 4.92. The van der Waals surface area contributed by atoms with Crippen LogP contribution in [0.4, 0.5) is 11.4 Å². The van der Waals surface area contributed by atoms with Crippen LogP contribution in [0.5, 0.6) is 0 Å². The summed E-state index contributed by atoms with van der Waals surface area (Å²) in [5, 5.41) is 11.9. The smallest absolute Gasteiger partial charge is 0.335 e. The van der Waals surface area contributed by atoms with Gasteiger partial charge in [-0.2, -0.15) is 0 Å². The van der Waals surface area contributed by atoms with Crippen LogP contribution in [0.1, 0.15) is 15.9 Å². The lowest BCUT2D eigenvalue weighted by molar-refractivity contribution is -0.114. The molecule has 0 radical (unpaired) electrons. The fourth-order valence-corrected chi connectivity index (χ4v) is 2.43. The molecular weight excluding hydrogens is 268 g/mol. The minimum absolute atomic E-state index is 0.110. The molecule has 0 aliphatic carbocycles. The highest BCUT2D eigenvalue weighted by molar-refractivity contribution is 5.97. The monoisotopic (exact) mass is 282 g/mol. The highest BCUT2D eigenvalue weighted by atomic mass is 16.4. The van der Waals surface area contributed by atoms with Crippen LogP contribution in [0.2, 0.25) is 0 Å². The maximum absolute atomic E-state index is 12.0. The minimum Gasteiger partial charge on any atom is -0.478 e. The van der Waals surface area contributed by atoms with E-state index in [9.17, 15) is 9.59 Å². The largest absolute Gasteiger partial charge is 0.478 e. The number of carbonyl (C=O) groups excluding carboxylic acids is 1. The van der Waals surface area contributed by atoms with Gasteiger partial charge in [-0.05, 0) is 35.9 Å². The number of nitrogens with one attached hydrogen (secondary N) is 1. The Morgan fingerprint density at radius 2 is 1.86 bits per heavy atom. The van der Waals surface area contributed by atoms with Crippen LogP contribution in [-0.2, 0) is 11.3 Å². The summed E-state index contributed by atoms with van der Waals surface area (Å²) >= 11 is 0. The second-order valence-electron chi connectivity index (χ2n) is 4.92. The van der Waals surface area contributed by atoms with Crippen LogP contribution >= 0.6 is 0 Å². The highest BCUT2D eigenvalue weighted by Gasteiger charge is 2.20. The fraction of sp³-hybridized carbons (Fsp3) is 0.125. The molecule has 0 saturated heterocycles. The van der Waals surface area contributed by atoms with E-state index in [0.717, 1.165) is 11.3 Å². The van der Waals surface area contributed by atoms with Crippen molar-refractivity contribution in [1.82, 2.24) is 0 Å². The number of anilines is 2. The molecule has 1 aliphatic heterocycles. The van der Waals surface area contributed by atoms with E-state index in [1.165, 1.54) is 6.07 Å². The third-order valence-electron chi connectivity index (χ3n) is 3.44. The molecule has 0 atom stereocenters. The number of para-hydroxylation sites is 1. The van der Waals surface area contributed by atoms with E-state index >= 15 is 0 Å². The highest BCUT2D eigenvalue weighted by Crippen LogP contribution is 2.25. The molecule has 2 N–H and O–H groups in total. The first-order valence-electron chi connectivity index (χ1n) is 6.59. The predicted octanol–water partition coefficient (Wildman–Crippen LogP) is 2.34. The second kappa shape index (κ2) is 5.28. The molecule has 0 aromatic heterocycles. The summed E-state index contributed by atoms with van der Waals surface area (Å²) in [6.07, 6.45) is 0. The van der Waals surface area contributed by atoms with E-state index in [1.54, 1.807) is 12.1 Å². The molecule has 1 aliphatic rings. The van der Waals surface area contributed by atoms with Crippen molar-refractivity contribution < 1.29 is 14.7 Å². The lowest BCUT2D eigenvalue weighted by atomic mass is 10.1. The molecule has 0 bridgehead atoms. The number of rotatable bonds is 2. The lowest BCUT2D eigenvalue weighted by Gasteiger charge is -2.21. The van der Waals surface area contributed by atoms with Crippen molar-refractivity contribution in [3.63, 3.8) is 0 Å². The SMILES string of the molecule is O=C1CN(c2ccccc2)Cc2cc(C(=O)O)ccc2N1. The lowest BCUT2D eigenvalue weighted by Crippen LogP contribution is -2.29. The van der Waals surface area contributed by atoms with Crippen molar-refractivity contribution in [2.24, 2.45) is 0 Å². The van der Waals surface area contributed by atoms with Crippen LogP contribution in [0.25, 0.3) is 0 Å². The Morgan fingerprint density at radius 1 is 1.10 bits per heavy atom. The van der Waals surface area contributed by atoms with Crippen molar-refractivity contribution in [1.29, 1.82) is 0 Å². The summed E-state index contributed by atoms with van der Waals surface area (Å²) in [7, 11) is 0. The van der Waals surface area contributed by atoms with E-state index < -0.39 is 5.97 Å². The van der Waals surface area contributed by atoms with Gasteiger partial charge in [-0.15, -0.1) is 0 Å². The van der Waals surface area contributed by atoms with E-state index in [2.05, 4.69) is 5.32 Å². The topological polar surface area (TPSA) is 69.6 Å². The van der Waals surface area contributed by atoms with Crippen LogP contribution in [0.3, 0.4) is 0 Å². The van der Waals surface area contributed by atoms with Crippen LogP contribution in [0, 0.1) is 0 Å². The molecule has 0 unspecified atom stereocenters. The van der Waals surface area contributed by atoms with Crippen molar-refractivity contribution in [3.05, 3.63) is 59.7 Å². The number of fused-ring (bicyclic) bond motifs is 1. The summed E-state index contributed by atoms with van der Waals surface area (Å²) < 4.78 is 0. The first-order chi connectivity index (χ1) is 10.1. The zero-order valence-electron chi connectivity index (χ0n) is 11.2. The minimum atomic E-state index is -0.973. The Kier molecular flexibility index (Phi) is 3.31. The summed E-state index contributed by atoms with van der Waals surface area (Å²) in [6.45, 7) is 0.723. The van der Waals surface area contributed by atoms with Crippen molar-refractivity contribution >= 4 is 23.3 Å². The molecule has 1 amide bonds. The Bertz CT molecular complexity index is 698. The average Bonchev–Trinajstić information content (AvgIpc) is 2.65. The Morgan fingerprint density at radius 3 is 2.57 bits per heavy atom. The van der Waals surface area contributed by atoms with E-state index in [4.69, 9.17) is 5.11 Å². The standard InChI is InChI=1S/C16H14N2O3/c19-15-10-18(13-4-2-1-3-5-13)9-12-8-11(16(20)21)6-7-14(12)17-15/h1-8H,9-10H2,(H,17,19)(H,20,21). The quantitative estimate of drug-likeness (QED) is 0.887. The third kappa shape index (κ3) is 2.72. The molecule has 0 saturated carbocycles. The number of carbonyl (C=O) groups is 2. The maximum Gasteiger partial charge on any atom is 0.335 e. The zero-order chi connectivity index (χ0) is 14.8. The number of benzene rings is 2. The molecule has 106 valence electrons. The molecule has 2 aromatic carbocycles. The van der Waals surface area contributed by atoms with Gasteiger partial charge in [0.15, 0.2) is 0 Å². The third-order valence-corrected chi connectivity index (χ3v) is 3.44. The number of nitrogens with zero attached hydrogens (tertiary/aromatic N) is 1. The Labute approximate surface area is 121 Å². The molecule has 21 heavy (non-hydrogen) atoms. The zero-order valence-corrected chi connectivity index (χ0v) is 11.2. The summed E-state index contributed by atoms with van der Waals surface area (Å²) in [5.41, 5.74) is 2.62. The molecule has 5 nitrogen and oxygen atoms in total. The summed E-state index contributed by atoms with van der Waals surface area (Å²) in [4.78, 5) is 25.0. The van der Waals surface area contributed by atoms with Gasteiger partial charge in [0.25, 0.3) is 0 Å². The molecule has 3 rings (SSSR count). The number of hydrogen-bond donors (Lipinski definition) is 2. The van der Waals surface area contributed by atoms with Gasteiger partial charge in [-0.3, -0.25) is 4.79 Å². The molecular formula is C16H14N2O3. The number of amides is 1. The molecule has 0 spiro atoms. The number of hydrogen-bond acceptors (Lipinski definition) is 3. The predicted molar refractivity (Wildman–Crippen MR) is 79.5 cm³/mol. The van der Waals surface area contributed by atoms with Gasteiger partial charge in [0.1, 0.15) is 0 Å². The van der Waals surface area contributed by atoms with E-state index in [1.807, 2.05) is 35.2 Å². The van der Waals surface area contributed by atoms with E-state index in [0.29, 0.717) is 12.2 Å².